The van der Waals surface area contributed by atoms with Crippen molar-refractivity contribution in [1.82, 2.24) is 14.8 Å². The molecule has 0 aliphatic carbocycles. The number of nitrogens with zero attached hydrogens (tertiary/aromatic N) is 3. The van der Waals surface area contributed by atoms with Crippen LogP contribution in [-0.2, 0) is 9.59 Å². The second-order valence-corrected chi connectivity index (χ2v) is 7.50. The number of Topliss-reactive ketones (excluding diaryl/α,β-unsaturated/α-hetero) is 1. The first-order valence-corrected chi connectivity index (χ1v) is 9.28. The fourth-order valence-electron chi connectivity index (χ4n) is 3.07. The monoisotopic (exact) mass is 429 g/mol. The van der Waals surface area contributed by atoms with Crippen molar-refractivity contribution in [2.45, 2.75) is 6.04 Å². The van der Waals surface area contributed by atoms with E-state index in [1.807, 2.05) is 19.0 Å². The third kappa shape index (κ3) is 3.94. The Bertz CT molecular complexity index is 879. The van der Waals surface area contributed by atoms with Crippen molar-refractivity contribution in [3.63, 3.8) is 0 Å². The molecule has 0 saturated carbocycles. The number of amides is 1. The van der Waals surface area contributed by atoms with E-state index in [1.54, 1.807) is 48.8 Å². The van der Waals surface area contributed by atoms with E-state index in [0.717, 1.165) is 4.47 Å². The van der Waals surface area contributed by atoms with Gasteiger partial charge in [-0.2, -0.15) is 0 Å². The number of halogens is 1. The first kappa shape index (κ1) is 19.3. The van der Waals surface area contributed by atoms with Crippen LogP contribution in [0.15, 0.2) is 58.8 Å². The Balaban J connectivity index is 2.12. The van der Waals surface area contributed by atoms with Crippen LogP contribution >= 0.6 is 15.9 Å². The first-order chi connectivity index (χ1) is 12.9. The molecule has 27 heavy (non-hydrogen) atoms. The van der Waals surface area contributed by atoms with Crippen molar-refractivity contribution in [2.75, 3.05) is 27.2 Å². The Morgan fingerprint density at radius 2 is 1.93 bits per heavy atom. The summed E-state index contributed by atoms with van der Waals surface area (Å²) in [6, 6.07) is 9.84. The molecule has 1 aromatic heterocycles. The summed E-state index contributed by atoms with van der Waals surface area (Å²) in [5.41, 5.74) is 1.26. The van der Waals surface area contributed by atoms with E-state index in [0.29, 0.717) is 24.2 Å². The van der Waals surface area contributed by atoms with Crippen LogP contribution in [0.5, 0.6) is 0 Å². The van der Waals surface area contributed by atoms with Gasteiger partial charge in [0.15, 0.2) is 0 Å². The maximum Gasteiger partial charge on any atom is 0.295 e. The van der Waals surface area contributed by atoms with Gasteiger partial charge < -0.3 is 14.9 Å². The molecule has 1 aromatic carbocycles. The summed E-state index contributed by atoms with van der Waals surface area (Å²) >= 11 is 3.35. The maximum atomic E-state index is 12.8. The lowest BCUT2D eigenvalue weighted by Gasteiger charge is -2.26. The van der Waals surface area contributed by atoms with Gasteiger partial charge in [-0.3, -0.25) is 14.6 Å². The number of pyridine rings is 1. The fraction of sp³-hybridized carbons (Fsp3) is 0.250. The second kappa shape index (κ2) is 8.02. The number of likely N-dealkylation sites (tertiary alicyclic amines) is 1. The molecule has 1 saturated heterocycles. The molecular formula is C20H20BrN3O3. The molecular weight excluding hydrogens is 410 g/mol. The van der Waals surface area contributed by atoms with Gasteiger partial charge in [-0.25, -0.2) is 0 Å². The molecule has 3 rings (SSSR count). The Morgan fingerprint density at radius 3 is 2.52 bits per heavy atom. The zero-order valence-corrected chi connectivity index (χ0v) is 16.7. The van der Waals surface area contributed by atoms with E-state index >= 15 is 0 Å². The zero-order chi connectivity index (χ0) is 19.6. The first-order valence-electron chi connectivity index (χ1n) is 8.49. The second-order valence-electron chi connectivity index (χ2n) is 6.59. The predicted octanol–water partition coefficient (Wildman–Crippen LogP) is 2.83. The fourth-order valence-corrected chi connectivity index (χ4v) is 3.33. The van der Waals surface area contributed by atoms with Gasteiger partial charge in [-0.05, 0) is 37.9 Å². The van der Waals surface area contributed by atoms with Crippen molar-refractivity contribution >= 4 is 33.4 Å². The van der Waals surface area contributed by atoms with Crippen LogP contribution < -0.4 is 0 Å². The normalized spacial score (nSPS) is 19.1. The molecule has 1 aliphatic rings. The number of aromatic nitrogens is 1. The lowest BCUT2D eigenvalue weighted by Crippen LogP contribution is -2.35. The highest BCUT2D eigenvalue weighted by atomic mass is 79.9. The molecule has 1 N–H and O–H groups in total. The Labute approximate surface area is 166 Å². The lowest BCUT2D eigenvalue weighted by molar-refractivity contribution is -0.140. The summed E-state index contributed by atoms with van der Waals surface area (Å²) in [4.78, 5) is 33.0. The largest absolute Gasteiger partial charge is 0.507 e. The number of carbonyl (C=O) groups excluding carboxylic acids is 2. The SMILES string of the molecule is CN(C)CCN1C(=O)C(=O)/C(=C(\O)c2ccc(Br)cc2)C1c1cccnc1. The summed E-state index contributed by atoms with van der Waals surface area (Å²) in [6.07, 6.45) is 3.25. The number of likely N-dealkylation sites (N-methyl/N-ethyl adjacent to an activating group) is 1. The molecule has 0 bridgehead atoms. The highest BCUT2D eigenvalue weighted by molar-refractivity contribution is 9.10. The molecule has 2 heterocycles. The van der Waals surface area contributed by atoms with Gasteiger partial charge in [0.2, 0.25) is 0 Å². The number of aliphatic hydroxyl groups is 1. The number of hydrogen-bond acceptors (Lipinski definition) is 5. The Kier molecular flexibility index (Phi) is 5.72. The van der Waals surface area contributed by atoms with Gasteiger partial charge in [-0.1, -0.05) is 34.1 Å². The van der Waals surface area contributed by atoms with Gasteiger partial charge in [0.05, 0.1) is 11.6 Å². The van der Waals surface area contributed by atoms with E-state index in [9.17, 15) is 14.7 Å². The van der Waals surface area contributed by atoms with Gasteiger partial charge in [-0.15, -0.1) is 0 Å². The number of ketones is 1. The Morgan fingerprint density at radius 1 is 1.22 bits per heavy atom. The standard InChI is InChI=1S/C20H20BrN3O3/c1-23(2)10-11-24-17(14-4-3-9-22-12-14)16(19(26)20(24)27)18(25)13-5-7-15(21)8-6-13/h3-9,12,17,25H,10-11H2,1-2H3/b18-16-. The van der Waals surface area contributed by atoms with Gasteiger partial charge >= 0.3 is 0 Å². The van der Waals surface area contributed by atoms with Crippen molar-refractivity contribution in [3.8, 4) is 0 Å². The summed E-state index contributed by atoms with van der Waals surface area (Å²) in [7, 11) is 3.80. The summed E-state index contributed by atoms with van der Waals surface area (Å²) in [6.45, 7) is 0.969. The molecule has 6 nitrogen and oxygen atoms in total. The van der Waals surface area contributed by atoms with Crippen LogP contribution in [0.3, 0.4) is 0 Å². The summed E-state index contributed by atoms with van der Waals surface area (Å²) in [5.74, 6) is -1.46. The van der Waals surface area contributed by atoms with Crippen LogP contribution in [-0.4, -0.2) is 58.8 Å². The molecule has 140 valence electrons. The number of benzene rings is 1. The molecule has 1 unspecified atom stereocenters. The number of carbonyl (C=O) groups is 2. The average Bonchev–Trinajstić information content (AvgIpc) is 2.91. The van der Waals surface area contributed by atoms with E-state index in [-0.39, 0.29) is 11.3 Å². The van der Waals surface area contributed by atoms with E-state index in [1.165, 1.54) is 4.90 Å². The predicted molar refractivity (Wildman–Crippen MR) is 106 cm³/mol. The number of rotatable bonds is 5. The molecule has 0 spiro atoms. The average molecular weight is 430 g/mol. The van der Waals surface area contributed by atoms with Gasteiger partial charge in [0.1, 0.15) is 5.76 Å². The highest BCUT2D eigenvalue weighted by Crippen LogP contribution is 2.38. The van der Waals surface area contributed by atoms with Crippen LogP contribution in [0, 0.1) is 0 Å². The molecule has 1 atom stereocenters. The van der Waals surface area contributed by atoms with Crippen LogP contribution in [0.25, 0.3) is 5.76 Å². The minimum atomic E-state index is -0.678. The summed E-state index contributed by atoms with van der Waals surface area (Å²) in [5, 5.41) is 10.9. The minimum absolute atomic E-state index is 0.0917. The number of hydrogen-bond donors (Lipinski definition) is 1. The summed E-state index contributed by atoms with van der Waals surface area (Å²) < 4.78 is 0.856. The van der Waals surface area contributed by atoms with Crippen LogP contribution in [0.2, 0.25) is 0 Å². The molecule has 1 fully saturated rings. The van der Waals surface area contributed by atoms with Crippen molar-refractivity contribution in [3.05, 3.63) is 70.0 Å². The zero-order valence-electron chi connectivity index (χ0n) is 15.1. The highest BCUT2D eigenvalue weighted by Gasteiger charge is 2.45. The maximum absolute atomic E-state index is 12.8. The molecule has 1 amide bonds. The van der Waals surface area contributed by atoms with Gasteiger partial charge in [0.25, 0.3) is 11.7 Å². The molecule has 7 heteroatoms. The molecule has 2 aromatic rings. The quantitative estimate of drug-likeness (QED) is 0.449. The smallest absolute Gasteiger partial charge is 0.295 e. The Hall–Kier alpha value is -2.51. The lowest BCUT2D eigenvalue weighted by atomic mass is 9.96. The van der Waals surface area contributed by atoms with Crippen molar-refractivity contribution in [1.29, 1.82) is 0 Å². The molecule has 1 aliphatic heterocycles. The molecule has 0 radical (unpaired) electrons. The van der Waals surface area contributed by atoms with E-state index in [2.05, 4.69) is 20.9 Å². The van der Waals surface area contributed by atoms with Crippen LogP contribution in [0.4, 0.5) is 0 Å². The van der Waals surface area contributed by atoms with E-state index in [4.69, 9.17) is 0 Å². The minimum Gasteiger partial charge on any atom is -0.507 e. The van der Waals surface area contributed by atoms with E-state index < -0.39 is 17.7 Å². The number of aliphatic hydroxyl groups excluding tert-OH is 1. The topological polar surface area (TPSA) is 73.7 Å². The van der Waals surface area contributed by atoms with Crippen LogP contribution in [0.1, 0.15) is 17.2 Å². The van der Waals surface area contributed by atoms with Gasteiger partial charge in [0, 0.05) is 35.5 Å². The van der Waals surface area contributed by atoms with Crippen molar-refractivity contribution < 1.29 is 14.7 Å². The van der Waals surface area contributed by atoms with Crippen molar-refractivity contribution in [2.24, 2.45) is 0 Å². The third-order valence-electron chi connectivity index (χ3n) is 4.45. The third-order valence-corrected chi connectivity index (χ3v) is 4.97.